The second-order valence-electron chi connectivity index (χ2n) is 4.65. The van der Waals surface area contributed by atoms with E-state index in [0.717, 1.165) is 12.8 Å². The molecular formula is C11H21NO3. The van der Waals surface area contributed by atoms with Gasteiger partial charge >= 0.3 is 0 Å². The third-order valence-electron chi connectivity index (χ3n) is 3.19. The van der Waals surface area contributed by atoms with Gasteiger partial charge in [0.25, 0.3) is 0 Å². The Balaban J connectivity index is 2.83. The molecule has 1 N–H and O–H groups in total. The monoisotopic (exact) mass is 215 g/mol. The van der Waals surface area contributed by atoms with Gasteiger partial charge in [0.15, 0.2) is 0 Å². The Hall–Kier alpha value is -0.610. The molecule has 0 aromatic carbocycles. The number of carbonyl (C=O) groups is 1. The molecule has 1 aliphatic heterocycles. The second-order valence-corrected chi connectivity index (χ2v) is 4.65. The van der Waals surface area contributed by atoms with Crippen LogP contribution < -0.4 is 0 Å². The number of likely N-dealkylation sites (N-methyl/N-ethyl adjacent to an activating group) is 1. The smallest absolute Gasteiger partial charge is 0.209 e. The fourth-order valence-corrected chi connectivity index (χ4v) is 2.59. The fraction of sp³-hybridized carbons (Fsp3) is 0.909. The number of carbonyl (C=O) groups excluding carboxylic acids is 1. The average molecular weight is 215 g/mol. The average Bonchev–Trinajstić information content (AvgIpc) is 2.14. The Kier molecular flexibility index (Phi) is 3.73. The molecule has 4 nitrogen and oxygen atoms in total. The summed E-state index contributed by atoms with van der Waals surface area (Å²) in [6, 6.07) is -0.266. The van der Waals surface area contributed by atoms with Crippen LogP contribution in [0.5, 0.6) is 0 Å². The lowest BCUT2D eigenvalue weighted by atomic mass is 9.83. The van der Waals surface area contributed by atoms with Gasteiger partial charge in [-0.1, -0.05) is 6.92 Å². The molecule has 1 rings (SSSR count). The summed E-state index contributed by atoms with van der Waals surface area (Å²) < 4.78 is 5.75. The van der Waals surface area contributed by atoms with Crippen molar-refractivity contribution in [1.82, 2.24) is 4.90 Å². The molecule has 4 atom stereocenters. The van der Waals surface area contributed by atoms with E-state index >= 15 is 0 Å². The SMILES string of the molecule is CCC1CC(C)(O)C(N(C)C=O)C(C)O1. The van der Waals surface area contributed by atoms with Crippen molar-refractivity contribution in [2.75, 3.05) is 7.05 Å². The Morgan fingerprint density at radius 3 is 2.67 bits per heavy atom. The molecule has 0 aromatic heterocycles. The van der Waals surface area contributed by atoms with E-state index in [1.165, 1.54) is 4.90 Å². The summed E-state index contributed by atoms with van der Waals surface area (Å²) in [5.41, 5.74) is -0.867. The van der Waals surface area contributed by atoms with Gasteiger partial charge in [0.05, 0.1) is 23.9 Å². The largest absolute Gasteiger partial charge is 0.388 e. The highest BCUT2D eigenvalue weighted by Crippen LogP contribution is 2.32. The first-order valence-electron chi connectivity index (χ1n) is 5.47. The standard InChI is InChI=1S/C11H21NO3/c1-5-9-6-11(3,14)10(8(2)15-9)12(4)7-13/h7-10,14H,5-6H2,1-4H3. The van der Waals surface area contributed by atoms with Crippen molar-refractivity contribution >= 4 is 6.41 Å². The van der Waals surface area contributed by atoms with Crippen LogP contribution in [0.25, 0.3) is 0 Å². The van der Waals surface area contributed by atoms with E-state index in [0.29, 0.717) is 6.42 Å². The summed E-state index contributed by atoms with van der Waals surface area (Å²) >= 11 is 0. The summed E-state index contributed by atoms with van der Waals surface area (Å²) in [5, 5.41) is 10.3. The first kappa shape index (κ1) is 12.5. The van der Waals surface area contributed by atoms with Crippen molar-refractivity contribution < 1.29 is 14.6 Å². The summed E-state index contributed by atoms with van der Waals surface area (Å²) in [6.07, 6.45) is 2.17. The third kappa shape index (κ3) is 2.49. The molecule has 1 heterocycles. The predicted molar refractivity (Wildman–Crippen MR) is 57.5 cm³/mol. The lowest BCUT2D eigenvalue weighted by Crippen LogP contribution is -2.61. The van der Waals surface area contributed by atoms with Crippen molar-refractivity contribution in [1.29, 1.82) is 0 Å². The molecule has 0 saturated carbocycles. The van der Waals surface area contributed by atoms with E-state index in [-0.39, 0.29) is 18.2 Å². The van der Waals surface area contributed by atoms with Gasteiger partial charge < -0.3 is 14.7 Å². The Labute approximate surface area is 91.2 Å². The van der Waals surface area contributed by atoms with Crippen molar-refractivity contribution in [3.63, 3.8) is 0 Å². The molecule has 15 heavy (non-hydrogen) atoms. The van der Waals surface area contributed by atoms with Crippen molar-refractivity contribution in [2.45, 2.75) is 57.5 Å². The van der Waals surface area contributed by atoms with Crippen LogP contribution in [0, 0.1) is 0 Å². The number of ether oxygens (including phenoxy) is 1. The summed E-state index contributed by atoms with van der Waals surface area (Å²) in [7, 11) is 1.68. The number of hydrogen-bond donors (Lipinski definition) is 1. The first-order valence-corrected chi connectivity index (χ1v) is 5.47. The summed E-state index contributed by atoms with van der Waals surface area (Å²) in [6.45, 7) is 5.72. The van der Waals surface area contributed by atoms with Crippen LogP contribution in [0.2, 0.25) is 0 Å². The lowest BCUT2D eigenvalue weighted by Gasteiger charge is -2.47. The summed E-state index contributed by atoms with van der Waals surface area (Å²) in [4.78, 5) is 12.2. The van der Waals surface area contributed by atoms with Crippen molar-refractivity contribution in [2.24, 2.45) is 0 Å². The van der Waals surface area contributed by atoms with Crippen LogP contribution >= 0.6 is 0 Å². The third-order valence-corrected chi connectivity index (χ3v) is 3.19. The first-order chi connectivity index (χ1) is 6.92. The zero-order chi connectivity index (χ0) is 11.6. The molecular weight excluding hydrogens is 194 g/mol. The van der Waals surface area contributed by atoms with Crippen LogP contribution in [0.1, 0.15) is 33.6 Å². The maximum absolute atomic E-state index is 10.7. The summed E-state index contributed by atoms with van der Waals surface area (Å²) in [5.74, 6) is 0. The minimum Gasteiger partial charge on any atom is -0.388 e. The van der Waals surface area contributed by atoms with Gasteiger partial charge in [0, 0.05) is 13.5 Å². The van der Waals surface area contributed by atoms with E-state index in [4.69, 9.17) is 4.74 Å². The quantitative estimate of drug-likeness (QED) is 0.708. The van der Waals surface area contributed by atoms with Gasteiger partial charge in [-0.2, -0.15) is 0 Å². The highest BCUT2D eigenvalue weighted by Gasteiger charge is 2.45. The van der Waals surface area contributed by atoms with E-state index in [1.807, 2.05) is 13.8 Å². The molecule has 1 fully saturated rings. The number of hydrogen-bond acceptors (Lipinski definition) is 3. The van der Waals surface area contributed by atoms with E-state index in [1.54, 1.807) is 14.0 Å². The van der Waals surface area contributed by atoms with Gasteiger partial charge in [0.2, 0.25) is 6.41 Å². The zero-order valence-electron chi connectivity index (χ0n) is 9.93. The maximum Gasteiger partial charge on any atom is 0.209 e. The highest BCUT2D eigenvalue weighted by molar-refractivity contribution is 5.47. The molecule has 4 heteroatoms. The van der Waals surface area contributed by atoms with Gasteiger partial charge in [-0.25, -0.2) is 0 Å². The molecule has 0 aromatic rings. The minimum absolute atomic E-state index is 0.0892. The maximum atomic E-state index is 10.7. The van der Waals surface area contributed by atoms with E-state index in [9.17, 15) is 9.90 Å². The fourth-order valence-electron chi connectivity index (χ4n) is 2.59. The molecule has 88 valence electrons. The topological polar surface area (TPSA) is 49.8 Å². The molecule has 0 spiro atoms. The van der Waals surface area contributed by atoms with Crippen LogP contribution in [-0.2, 0) is 9.53 Å². The van der Waals surface area contributed by atoms with E-state index in [2.05, 4.69) is 0 Å². The van der Waals surface area contributed by atoms with Crippen LogP contribution in [0.15, 0.2) is 0 Å². The van der Waals surface area contributed by atoms with Crippen molar-refractivity contribution in [3.05, 3.63) is 0 Å². The molecule has 0 radical (unpaired) electrons. The Bertz CT molecular complexity index is 230. The number of amides is 1. The Morgan fingerprint density at radius 2 is 2.27 bits per heavy atom. The van der Waals surface area contributed by atoms with Crippen molar-refractivity contribution in [3.8, 4) is 0 Å². The molecule has 0 bridgehead atoms. The van der Waals surface area contributed by atoms with Crippen LogP contribution in [-0.4, -0.2) is 47.3 Å². The van der Waals surface area contributed by atoms with Gasteiger partial charge in [-0.05, 0) is 20.3 Å². The minimum atomic E-state index is -0.867. The molecule has 1 saturated heterocycles. The van der Waals surface area contributed by atoms with Gasteiger partial charge in [-0.3, -0.25) is 4.79 Å². The normalized spacial score (nSPS) is 41.3. The zero-order valence-corrected chi connectivity index (χ0v) is 9.93. The number of nitrogens with zero attached hydrogens (tertiary/aromatic N) is 1. The molecule has 1 aliphatic rings. The number of aliphatic hydroxyl groups is 1. The predicted octanol–water partition coefficient (Wildman–Crippen LogP) is 0.782. The van der Waals surface area contributed by atoms with Gasteiger partial charge in [0.1, 0.15) is 0 Å². The molecule has 4 unspecified atom stereocenters. The van der Waals surface area contributed by atoms with Crippen LogP contribution in [0.3, 0.4) is 0 Å². The lowest BCUT2D eigenvalue weighted by molar-refractivity contribution is -0.181. The van der Waals surface area contributed by atoms with Gasteiger partial charge in [-0.15, -0.1) is 0 Å². The Morgan fingerprint density at radius 1 is 1.67 bits per heavy atom. The van der Waals surface area contributed by atoms with Crippen LogP contribution in [0.4, 0.5) is 0 Å². The second kappa shape index (κ2) is 4.49. The van der Waals surface area contributed by atoms with E-state index < -0.39 is 5.60 Å². The number of rotatable bonds is 3. The molecule has 1 amide bonds. The molecule has 0 aliphatic carbocycles. The highest BCUT2D eigenvalue weighted by atomic mass is 16.5.